The monoisotopic (exact) mass is 363 g/mol. The Kier molecular flexibility index (Phi) is 3.99. The Morgan fingerprint density at radius 2 is 1.71 bits per heavy atom. The van der Waals surface area contributed by atoms with Crippen molar-refractivity contribution >= 4 is 39.4 Å². The lowest BCUT2D eigenvalue weighted by Crippen LogP contribution is -2.33. The van der Waals surface area contributed by atoms with Gasteiger partial charge in [-0.15, -0.1) is 0 Å². The van der Waals surface area contributed by atoms with E-state index in [0.717, 1.165) is 15.6 Å². The first kappa shape index (κ1) is 14.2. The summed E-state index contributed by atoms with van der Waals surface area (Å²) < 4.78 is 6.09. The van der Waals surface area contributed by atoms with Crippen LogP contribution in [0.5, 0.6) is 0 Å². The Bertz CT molecular complexity index is 698. The second kappa shape index (κ2) is 5.92. The zero-order valence-electron chi connectivity index (χ0n) is 10.8. The van der Waals surface area contributed by atoms with E-state index in [-0.39, 0.29) is 6.04 Å². The van der Waals surface area contributed by atoms with Crippen LogP contribution in [-0.4, -0.2) is 6.09 Å². The third kappa shape index (κ3) is 2.96. The van der Waals surface area contributed by atoms with Crippen molar-refractivity contribution in [1.82, 2.24) is 5.32 Å². The first-order valence-corrected chi connectivity index (χ1v) is 7.51. The van der Waals surface area contributed by atoms with Crippen molar-refractivity contribution in [1.29, 1.82) is 0 Å². The van der Waals surface area contributed by atoms with Gasteiger partial charge in [0.15, 0.2) is 5.76 Å². The summed E-state index contributed by atoms with van der Waals surface area (Å²) in [5.74, 6) is 0.504. The summed E-state index contributed by atoms with van der Waals surface area (Å²) in [5.41, 5.74) is 1.77. The molecular weight excluding hydrogens is 354 g/mol. The zero-order chi connectivity index (χ0) is 14.8. The van der Waals surface area contributed by atoms with E-state index in [4.69, 9.17) is 16.3 Å². The van der Waals surface area contributed by atoms with Crippen LogP contribution in [0.4, 0.5) is 4.79 Å². The normalized spacial score (nSPS) is 18.2. The van der Waals surface area contributed by atoms with Gasteiger partial charge in [0.05, 0.1) is 10.5 Å². The number of halogens is 2. The van der Waals surface area contributed by atoms with Crippen LogP contribution in [-0.2, 0) is 4.74 Å². The van der Waals surface area contributed by atoms with Crippen molar-refractivity contribution in [2.75, 3.05) is 0 Å². The van der Waals surface area contributed by atoms with Crippen LogP contribution < -0.4 is 5.32 Å². The van der Waals surface area contributed by atoms with Gasteiger partial charge in [-0.25, -0.2) is 4.79 Å². The molecule has 2 aromatic carbocycles. The number of ether oxygens (including phenoxy) is 1. The third-order valence-corrected chi connectivity index (χ3v) is 4.24. The highest BCUT2D eigenvalue weighted by atomic mass is 79.9. The smallest absolute Gasteiger partial charge is 0.409 e. The minimum Gasteiger partial charge on any atom is -0.409 e. The van der Waals surface area contributed by atoms with Crippen LogP contribution >= 0.6 is 27.5 Å². The van der Waals surface area contributed by atoms with Crippen molar-refractivity contribution in [2.45, 2.75) is 6.04 Å². The number of carbonyl (C=O) groups excluding carboxylic acids is 1. The summed E-state index contributed by atoms with van der Waals surface area (Å²) in [5, 5.41) is 3.44. The van der Waals surface area contributed by atoms with Crippen LogP contribution in [0.3, 0.4) is 0 Å². The van der Waals surface area contributed by atoms with Gasteiger partial charge in [0, 0.05) is 10.6 Å². The lowest BCUT2D eigenvalue weighted by Gasteiger charge is -2.26. The molecule has 0 unspecified atom stereocenters. The molecule has 0 aliphatic carbocycles. The molecule has 1 aliphatic rings. The van der Waals surface area contributed by atoms with E-state index in [2.05, 4.69) is 21.2 Å². The standard InChI is InChI=1S/C16H11BrClNO2/c17-13-14(10-4-2-1-3-5-10)19-16(20)21-15(13)11-6-8-12(18)9-7-11/h1-9,14H,(H,19,20)/t14-/m0/s1. The molecule has 0 fully saturated rings. The first-order chi connectivity index (χ1) is 10.1. The summed E-state index contributed by atoms with van der Waals surface area (Å²) >= 11 is 9.44. The molecule has 0 radical (unpaired) electrons. The molecule has 0 saturated carbocycles. The van der Waals surface area contributed by atoms with Crippen LogP contribution in [0, 0.1) is 0 Å². The van der Waals surface area contributed by atoms with Crippen molar-refractivity contribution in [3.05, 3.63) is 75.2 Å². The number of carbonyl (C=O) groups is 1. The van der Waals surface area contributed by atoms with Gasteiger partial charge in [-0.1, -0.05) is 41.9 Å². The molecule has 1 atom stereocenters. The topological polar surface area (TPSA) is 38.3 Å². The fourth-order valence-corrected chi connectivity index (χ4v) is 2.97. The summed E-state index contributed by atoms with van der Waals surface area (Å²) in [4.78, 5) is 11.8. The molecule has 1 amide bonds. The first-order valence-electron chi connectivity index (χ1n) is 6.34. The average molecular weight is 365 g/mol. The van der Waals surface area contributed by atoms with Gasteiger partial charge in [-0.05, 0) is 45.8 Å². The second-order valence-electron chi connectivity index (χ2n) is 4.56. The number of hydrogen-bond donors (Lipinski definition) is 1. The van der Waals surface area contributed by atoms with E-state index >= 15 is 0 Å². The molecule has 5 heteroatoms. The molecule has 3 rings (SSSR count). The largest absolute Gasteiger partial charge is 0.413 e. The average Bonchev–Trinajstić information content (AvgIpc) is 2.51. The van der Waals surface area contributed by atoms with E-state index in [1.165, 1.54) is 0 Å². The number of nitrogens with one attached hydrogen (secondary N) is 1. The minimum absolute atomic E-state index is 0.266. The highest BCUT2D eigenvalue weighted by Crippen LogP contribution is 2.37. The Labute approximate surface area is 135 Å². The number of hydrogen-bond acceptors (Lipinski definition) is 2. The molecule has 1 N–H and O–H groups in total. The van der Waals surface area contributed by atoms with Crippen LogP contribution in [0.2, 0.25) is 5.02 Å². The quantitative estimate of drug-likeness (QED) is 0.824. The Morgan fingerprint density at radius 3 is 2.38 bits per heavy atom. The molecule has 0 spiro atoms. The summed E-state index contributed by atoms with van der Waals surface area (Å²) in [6.07, 6.45) is -0.475. The van der Waals surface area contributed by atoms with E-state index < -0.39 is 6.09 Å². The lowest BCUT2D eigenvalue weighted by molar-refractivity contribution is 0.184. The van der Waals surface area contributed by atoms with Crippen LogP contribution in [0.15, 0.2) is 59.1 Å². The molecule has 1 aliphatic heterocycles. The van der Waals surface area contributed by atoms with Gasteiger partial charge < -0.3 is 10.1 Å². The fourth-order valence-electron chi connectivity index (χ4n) is 2.16. The Morgan fingerprint density at radius 1 is 1.05 bits per heavy atom. The molecule has 106 valence electrons. The van der Waals surface area contributed by atoms with Gasteiger partial charge >= 0.3 is 6.09 Å². The number of cyclic esters (lactones) is 1. The van der Waals surface area contributed by atoms with Crippen molar-refractivity contribution in [3.8, 4) is 0 Å². The summed E-state index contributed by atoms with van der Waals surface area (Å²) in [6.45, 7) is 0. The van der Waals surface area contributed by atoms with Crippen molar-refractivity contribution < 1.29 is 9.53 Å². The molecule has 0 bridgehead atoms. The van der Waals surface area contributed by atoms with E-state index in [0.29, 0.717) is 10.8 Å². The molecule has 21 heavy (non-hydrogen) atoms. The molecule has 2 aromatic rings. The zero-order valence-corrected chi connectivity index (χ0v) is 13.2. The summed E-state index contributed by atoms with van der Waals surface area (Å²) in [7, 11) is 0. The predicted octanol–water partition coefficient (Wildman–Crippen LogP) is 4.88. The number of amides is 1. The van der Waals surface area contributed by atoms with Crippen molar-refractivity contribution in [2.24, 2.45) is 0 Å². The van der Waals surface area contributed by atoms with Gasteiger partial charge in [-0.2, -0.15) is 0 Å². The fraction of sp³-hybridized carbons (Fsp3) is 0.0625. The van der Waals surface area contributed by atoms with E-state index in [1.807, 2.05) is 42.5 Å². The SMILES string of the molecule is O=C1N[C@@H](c2ccccc2)C(Br)=C(c2ccc(Cl)cc2)O1. The highest BCUT2D eigenvalue weighted by Gasteiger charge is 2.29. The van der Waals surface area contributed by atoms with Gasteiger partial charge in [-0.3, -0.25) is 0 Å². The van der Waals surface area contributed by atoms with Gasteiger partial charge in [0.2, 0.25) is 0 Å². The third-order valence-electron chi connectivity index (χ3n) is 3.17. The second-order valence-corrected chi connectivity index (χ2v) is 5.85. The van der Waals surface area contributed by atoms with Gasteiger partial charge in [0.25, 0.3) is 0 Å². The Balaban J connectivity index is 2.05. The van der Waals surface area contributed by atoms with E-state index in [1.54, 1.807) is 12.1 Å². The minimum atomic E-state index is -0.475. The molecule has 0 saturated heterocycles. The molecular formula is C16H11BrClNO2. The number of alkyl carbamates (subject to hydrolysis) is 1. The lowest BCUT2D eigenvalue weighted by atomic mass is 10.0. The Hall–Kier alpha value is -1.78. The van der Waals surface area contributed by atoms with Crippen LogP contribution in [0.25, 0.3) is 5.76 Å². The van der Waals surface area contributed by atoms with Crippen LogP contribution in [0.1, 0.15) is 17.2 Å². The molecule has 0 aromatic heterocycles. The molecule has 3 nitrogen and oxygen atoms in total. The number of benzene rings is 2. The molecule has 1 heterocycles. The highest BCUT2D eigenvalue weighted by molar-refractivity contribution is 9.11. The van der Waals surface area contributed by atoms with Gasteiger partial charge in [0.1, 0.15) is 0 Å². The van der Waals surface area contributed by atoms with E-state index in [9.17, 15) is 4.79 Å². The van der Waals surface area contributed by atoms with Crippen molar-refractivity contribution in [3.63, 3.8) is 0 Å². The maximum Gasteiger partial charge on any atom is 0.413 e. The summed E-state index contributed by atoms with van der Waals surface area (Å²) in [6, 6.07) is 16.6. The maximum absolute atomic E-state index is 11.8. The maximum atomic E-state index is 11.8. The predicted molar refractivity (Wildman–Crippen MR) is 86.1 cm³/mol. The number of rotatable bonds is 2.